The molecule has 1 aromatic carbocycles. The molecule has 0 unspecified atom stereocenters. The van der Waals surface area contributed by atoms with E-state index in [1.165, 1.54) is 23.1 Å². The van der Waals surface area contributed by atoms with Crippen molar-refractivity contribution in [3.8, 4) is 0 Å². The Balaban J connectivity index is 1.56. The second kappa shape index (κ2) is 6.89. The summed E-state index contributed by atoms with van der Waals surface area (Å²) in [5, 5.41) is 2.91. The van der Waals surface area contributed by atoms with Gasteiger partial charge in [-0.05, 0) is 24.4 Å². The predicted molar refractivity (Wildman–Crippen MR) is 93.7 cm³/mol. The first-order valence-corrected chi connectivity index (χ1v) is 8.84. The van der Waals surface area contributed by atoms with E-state index < -0.39 is 0 Å². The smallest absolute Gasteiger partial charge is 0.279 e. The van der Waals surface area contributed by atoms with Gasteiger partial charge in [-0.2, -0.15) is 0 Å². The van der Waals surface area contributed by atoms with Crippen LogP contribution in [0.15, 0.2) is 46.7 Å². The molecule has 0 fully saturated rings. The summed E-state index contributed by atoms with van der Waals surface area (Å²) in [5.41, 5.74) is 6.94. The van der Waals surface area contributed by atoms with Gasteiger partial charge >= 0.3 is 0 Å². The minimum Gasteiger partial charge on any atom is -0.358 e. The normalized spacial score (nSPS) is 10.7. The minimum atomic E-state index is -0.304. The van der Waals surface area contributed by atoms with Crippen LogP contribution in [0.4, 0.5) is 0 Å². The Labute approximate surface area is 141 Å². The predicted octanol–water partition coefficient (Wildman–Crippen LogP) is 3.09. The topological polar surface area (TPSA) is 74.0 Å². The van der Waals surface area contributed by atoms with Crippen molar-refractivity contribution in [1.82, 2.24) is 15.8 Å². The Kier molecular flexibility index (Phi) is 4.68. The van der Waals surface area contributed by atoms with E-state index in [0.717, 1.165) is 21.5 Å². The lowest BCUT2D eigenvalue weighted by Crippen LogP contribution is -2.42. The van der Waals surface area contributed by atoms with Gasteiger partial charge in [0.05, 0.1) is 10.6 Å². The molecular weight excluding hydrogens is 330 g/mol. The molecule has 0 spiro atoms. The molecule has 0 aliphatic carbocycles. The molecule has 118 valence electrons. The molecule has 23 heavy (non-hydrogen) atoms. The lowest BCUT2D eigenvalue weighted by Gasteiger charge is -2.06. The summed E-state index contributed by atoms with van der Waals surface area (Å²) < 4.78 is 0. The zero-order chi connectivity index (χ0) is 16.2. The molecule has 3 aromatic rings. The Hall–Kier alpha value is -2.25. The van der Waals surface area contributed by atoms with Crippen LogP contribution in [0.25, 0.3) is 10.9 Å². The summed E-state index contributed by atoms with van der Waals surface area (Å²) in [4.78, 5) is 28.6. The Morgan fingerprint density at radius 1 is 1.17 bits per heavy atom. The van der Waals surface area contributed by atoms with Crippen molar-refractivity contribution in [2.75, 3.05) is 5.75 Å². The number of hydrogen-bond acceptors (Lipinski definition) is 4. The number of aromatic amines is 1. The Bertz CT molecular complexity index is 840. The van der Waals surface area contributed by atoms with E-state index in [0.29, 0.717) is 4.88 Å². The number of carbonyl (C=O) groups is 2. The number of benzene rings is 1. The van der Waals surface area contributed by atoms with Gasteiger partial charge < -0.3 is 4.98 Å². The van der Waals surface area contributed by atoms with Crippen molar-refractivity contribution >= 4 is 45.8 Å². The molecule has 0 bridgehead atoms. The van der Waals surface area contributed by atoms with Gasteiger partial charge in [0.1, 0.15) is 0 Å². The van der Waals surface area contributed by atoms with Gasteiger partial charge in [-0.3, -0.25) is 20.4 Å². The fraction of sp³-hybridized carbons (Fsp3) is 0.125. The van der Waals surface area contributed by atoms with Crippen LogP contribution < -0.4 is 10.9 Å². The molecule has 2 aromatic heterocycles. The highest BCUT2D eigenvalue weighted by molar-refractivity contribution is 8.00. The van der Waals surface area contributed by atoms with Crippen LogP contribution >= 0.6 is 23.1 Å². The maximum Gasteiger partial charge on any atom is 0.279 e. The summed E-state index contributed by atoms with van der Waals surface area (Å²) in [6, 6.07) is 11.5. The third kappa shape index (κ3) is 3.57. The standard InChI is InChI=1S/C16H15N3O2S2/c1-10-15(11-5-2-3-6-12(11)17-10)23-9-14(20)18-19-16(21)13-7-4-8-22-13/h2-8,17H,9H2,1H3,(H,18,20)(H,19,21). The van der Waals surface area contributed by atoms with Crippen LogP contribution in [-0.4, -0.2) is 22.6 Å². The molecule has 5 nitrogen and oxygen atoms in total. The number of aryl methyl sites for hydroxylation is 1. The third-order valence-corrected chi connectivity index (χ3v) is 5.33. The van der Waals surface area contributed by atoms with Crippen molar-refractivity contribution in [1.29, 1.82) is 0 Å². The molecule has 0 aliphatic rings. The van der Waals surface area contributed by atoms with Crippen LogP contribution in [0.1, 0.15) is 15.4 Å². The number of hydrazine groups is 1. The summed E-state index contributed by atoms with van der Waals surface area (Å²) in [5.74, 6) is -0.320. The summed E-state index contributed by atoms with van der Waals surface area (Å²) in [6.45, 7) is 1.98. The quantitative estimate of drug-likeness (QED) is 0.502. The highest BCUT2D eigenvalue weighted by Gasteiger charge is 2.12. The number of aromatic nitrogens is 1. The minimum absolute atomic E-state index is 0.230. The Morgan fingerprint density at radius 2 is 2.00 bits per heavy atom. The van der Waals surface area contributed by atoms with E-state index in [1.54, 1.807) is 12.1 Å². The first kappa shape index (κ1) is 15.6. The number of para-hydroxylation sites is 1. The van der Waals surface area contributed by atoms with Gasteiger partial charge in [-0.1, -0.05) is 24.3 Å². The second-order valence-corrected chi connectivity index (χ2v) is 6.83. The van der Waals surface area contributed by atoms with Gasteiger partial charge in [-0.15, -0.1) is 23.1 Å². The number of carbonyl (C=O) groups excluding carboxylic acids is 2. The van der Waals surface area contributed by atoms with Gasteiger partial charge in [-0.25, -0.2) is 0 Å². The van der Waals surface area contributed by atoms with E-state index in [-0.39, 0.29) is 17.6 Å². The average Bonchev–Trinajstić information content (AvgIpc) is 3.18. The van der Waals surface area contributed by atoms with Crippen LogP contribution in [0.2, 0.25) is 0 Å². The van der Waals surface area contributed by atoms with E-state index in [9.17, 15) is 9.59 Å². The van der Waals surface area contributed by atoms with Crippen LogP contribution in [0, 0.1) is 6.92 Å². The second-order valence-electron chi connectivity index (χ2n) is 4.89. The largest absolute Gasteiger partial charge is 0.358 e. The number of H-pyrrole nitrogens is 1. The average molecular weight is 345 g/mol. The zero-order valence-electron chi connectivity index (χ0n) is 12.4. The van der Waals surface area contributed by atoms with Crippen LogP contribution in [0.5, 0.6) is 0 Å². The molecule has 2 amide bonds. The fourth-order valence-electron chi connectivity index (χ4n) is 2.21. The monoisotopic (exact) mass is 345 g/mol. The number of hydrogen-bond donors (Lipinski definition) is 3. The summed E-state index contributed by atoms with van der Waals surface area (Å²) >= 11 is 2.77. The maximum atomic E-state index is 11.9. The van der Waals surface area contributed by atoms with Crippen molar-refractivity contribution < 1.29 is 9.59 Å². The number of thioether (sulfide) groups is 1. The molecule has 0 atom stereocenters. The van der Waals surface area contributed by atoms with Crippen molar-refractivity contribution in [3.05, 3.63) is 52.3 Å². The zero-order valence-corrected chi connectivity index (χ0v) is 14.0. The molecule has 2 heterocycles. The van der Waals surface area contributed by atoms with Crippen molar-refractivity contribution in [3.63, 3.8) is 0 Å². The van der Waals surface area contributed by atoms with E-state index in [1.807, 2.05) is 36.6 Å². The number of nitrogens with one attached hydrogen (secondary N) is 3. The highest BCUT2D eigenvalue weighted by atomic mass is 32.2. The van der Waals surface area contributed by atoms with Crippen LogP contribution in [-0.2, 0) is 4.79 Å². The number of rotatable bonds is 4. The third-order valence-electron chi connectivity index (χ3n) is 3.24. The van der Waals surface area contributed by atoms with Gasteiger partial charge in [0.15, 0.2) is 0 Å². The molecule has 3 N–H and O–H groups in total. The van der Waals surface area contributed by atoms with Gasteiger partial charge in [0.2, 0.25) is 5.91 Å². The first-order chi connectivity index (χ1) is 11.1. The molecule has 0 aliphatic heterocycles. The van der Waals surface area contributed by atoms with Crippen LogP contribution in [0.3, 0.4) is 0 Å². The molecule has 0 saturated heterocycles. The molecule has 0 saturated carbocycles. The van der Waals surface area contributed by atoms with E-state index in [2.05, 4.69) is 15.8 Å². The van der Waals surface area contributed by atoms with E-state index >= 15 is 0 Å². The molecule has 3 rings (SSSR count). The summed E-state index contributed by atoms with van der Waals surface area (Å²) in [7, 11) is 0. The highest BCUT2D eigenvalue weighted by Crippen LogP contribution is 2.30. The van der Waals surface area contributed by atoms with Crippen molar-refractivity contribution in [2.45, 2.75) is 11.8 Å². The maximum absolute atomic E-state index is 11.9. The van der Waals surface area contributed by atoms with E-state index in [4.69, 9.17) is 0 Å². The van der Waals surface area contributed by atoms with Gasteiger partial charge in [0.25, 0.3) is 5.91 Å². The lowest BCUT2D eigenvalue weighted by atomic mass is 10.2. The first-order valence-electron chi connectivity index (χ1n) is 6.98. The van der Waals surface area contributed by atoms with Crippen molar-refractivity contribution in [2.24, 2.45) is 0 Å². The molecule has 0 radical (unpaired) electrons. The SMILES string of the molecule is Cc1[nH]c2ccccc2c1SCC(=O)NNC(=O)c1cccs1. The Morgan fingerprint density at radius 3 is 2.78 bits per heavy atom. The molecule has 7 heteroatoms. The fourth-order valence-corrected chi connectivity index (χ4v) is 3.77. The molecular formula is C16H15N3O2S2. The number of fused-ring (bicyclic) bond motifs is 1. The summed E-state index contributed by atoms with van der Waals surface area (Å²) in [6.07, 6.45) is 0. The number of amides is 2. The lowest BCUT2D eigenvalue weighted by molar-refractivity contribution is -0.119. The van der Waals surface area contributed by atoms with Gasteiger partial charge in [0, 0.05) is 21.5 Å². The number of thiophene rings is 1.